The molecule has 0 saturated carbocycles. The van der Waals surface area contributed by atoms with Crippen LogP contribution in [0.1, 0.15) is 39.0 Å². The third-order valence-corrected chi connectivity index (χ3v) is 3.03. The lowest BCUT2D eigenvalue weighted by Crippen LogP contribution is -2.42. The van der Waals surface area contributed by atoms with Crippen LogP contribution in [-0.2, 0) is 9.53 Å². The largest absolute Gasteiger partial charge is 0.481 e. The van der Waals surface area contributed by atoms with Gasteiger partial charge in [-0.25, -0.2) is 0 Å². The van der Waals surface area contributed by atoms with E-state index >= 15 is 0 Å². The SMILES string of the molecule is CCCOCCN1CCCCC1CC(=O)O. The van der Waals surface area contributed by atoms with E-state index in [1.165, 1.54) is 6.42 Å². The molecule has 1 rings (SSSR count). The Morgan fingerprint density at radius 2 is 2.25 bits per heavy atom. The Bertz CT molecular complexity index is 208. The summed E-state index contributed by atoms with van der Waals surface area (Å²) in [6, 6.07) is 0.219. The number of rotatable bonds is 7. The lowest BCUT2D eigenvalue weighted by molar-refractivity contribution is -0.138. The molecule has 1 aliphatic heterocycles. The van der Waals surface area contributed by atoms with E-state index in [4.69, 9.17) is 9.84 Å². The van der Waals surface area contributed by atoms with E-state index in [1.54, 1.807) is 0 Å². The van der Waals surface area contributed by atoms with Gasteiger partial charge in [-0.3, -0.25) is 9.69 Å². The first-order valence-electron chi connectivity index (χ1n) is 6.27. The van der Waals surface area contributed by atoms with Crippen LogP contribution >= 0.6 is 0 Å². The lowest BCUT2D eigenvalue weighted by atomic mass is 9.99. The summed E-state index contributed by atoms with van der Waals surface area (Å²) in [7, 11) is 0. The summed E-state index contributed by atoms with van der Waals surface area (Å²) >= 11 is 0. The van der Waals surface area contributed by atoms with Crippen LogP contribution in [0.2, 0.25) is 0 Å². The number of hydrogen-bond donors (Lipinski definition) is 1. The zero-order valence-electron chi connectivity index (χ0n) is 10.2. The fourth-order valence-corrected chi connectivity index (χ4v) is 2.22. The van der Waals surface area contributed by atoms with Gasteiger partial charge in [0.25, 0.3) is 0 Å². The zero-order valence-corrected chi connectivity index (χ0v) is 10.2. The van der Waals surface area contributed by atoms with E-state index in [-0.39, 0.29) is 12.5 Å². The molecule has 0 aromatic carbocycles. The number of piperidine rings is 1. The molecular formula is C12H23NO3. The average molecular weight is 229 g/mol. The molecule has 0 bridgehead atoms. The molecule has 4 heteroatoms. The molecular weight excluding hydrogens is 206 g/mol. The van der Waals surface area contributed by atoms with Gasteiger partial charge in [0.05, 0.1) is 13.0 Å². The normalized spacial score (nSPS) is 22.2. The molecule has 94 valence electrons. The number of aliphatic carboxylic acids is 1. The van der Waals surface area contributed by atoms with Gasteiger partial charge in [-0.1, -0.05) is 13.3 Å². The van der Waals surface area contributed by atoms with Crippen molar-refractivity contribution in [3.05, 3.63) is 0 Å². The summed E-state index contributed by atoms with van der Waals surface area (Å²) in [5.41, 5.74) is 0. The maximum absolute atomic E-state index is 10.7. The monoisotopic (exact) mass is 229 g/mol. The van der Waals surface area contributed by atoms with Crippen LogP contribution < -0.4 is 0 Å². The van der Waals surface area contributed by atoms with Gasteiger partial charge in [-0.2, -0.15) is 0 Å². The second kappa shape index (κ2) is 7.63. The zero-order chi connectivity index (χ0) is 11.8. The van der Waals surface area contributed by atoms with Crippen molar-refractivity contribution in [1.29, 1.82) is 0 Å². The van der Waals surface area contributed by atoms with Gasteiger partial charge in [0.2, 0.25) is 0 Å². The van der Waals surface area contributed by atoms with Crippen molar-refractivity contribution in [3.63, 3.8) is 0 Å². The second-order valence-corrected chi connectivity index (χ2v) is 4.40. The minimum absolute atomic E-state index is 0.219. The van der Waals surface area contributed by atoms with Gasteiger partial charge < -0.3 is 9.84 Å². The molecule has 0 aromatic heterocycles. The van der Waals surface area contributed by atoms with Gasteiger partial charge in [0.15, 0.2) is 0 Å². The topological polar surface area (TPSA) is 49.8 Å². The summed E-state index contributed by atoms with van der Waals surface area (Å²) < 4.78 is 5.45. The molecule has 1 aliphatic rings. The van der Waals surface area contributed by atoms with Crippen molar-refractivity contribution in [1.82, 2.24) is 4.90 Å². The number of carboxylic acids is 1. The summed E-state index contributed by atoms with van der Waals surface area (Å²) in [6.45, 7) is 5.51. The molecule has 0 amide bonds. The molecule has 16 heavy (non-hydrogen) atoms. The fourth-order valence-electron chi connectivity index (χ4n) is 2.22. The average Bonchev–Trinajstić information content (AvgIpc) is 2.26. The number of carbonyl (C=O) groups is 1. The van der Waals surface area contributed by atoms with Crippen LogP contribution in [-0.4, -0.2) is 48.3 Å². The summed E-state index contributed by atoms with van der Waals surface area (Å²) in [5.74, 6) is -0.689. The Morgan fingerprint density at radius 3 is 2.94 bits per heavy atom. The smallest absolute Gasteiger partial charge is 0.304 e. The van der Waals surface area contributed by atoms with E-state index in [2.05, 4.69) is 11.8 Å². The highest BCUT2D eigenvalue weighted by Gasteiger charge is 2.23. The number of carboxylic acid groups (broad SMARTS) is 1. The number of ether oxygens (including phenoxy) is 1. The molecule has 1 fully saturated rings. The minimum atomic E-state index is -0.689. The summed E-state index contributed by atoms with van der Waals surface area (Å²) in [4.78, 5) is 13.0. The molecule has 0 radical (unpaired) electrons. The highest BCUT2D eigenvalue weighted by Crippen LogP contribution is 2.19. The van der Waals surface area contributed by atoms with Crippen molar-refractivity contribution in [2.24, 2.45) is 0 Å². The van der Waals surface area contributed by atoms with Crippen LogP contribution in [0.3, 0.4) is 0 Å². The summed E-state index contributed by atoms with van der Waals surface area (Å²) in [6.07, 6.45) is 4.67. The Balaban J connectivity index is 2.26. The molecule has 1 atom stereocenters. The first-order chi connectivity index (χ1) is 7.74. The fraction of sp³-hybridized carbons (Fsp3) is 0.917. The number of hydrogen-bond acceptors (Lipinski definition) is 3. The van der Waals surface area contributed by atoms with Gasteiger partial charge in [-0.15, -0.1) is 0 Å². The standard InChI is InChI=1S/C12H23NO3/c1-2-8-16-9-7-13-6-4-3-5-11(13)10-12(14)15/h11H,2-10H2,1H3,(H,14,15). The second-order valence-electron chi connectivity index (χ2n) is 4.40. The molecule has 0 spiro atoms. The van der Waals surface area contributed by atoms with Crippen molar-refractivity contribution in [2.75, 3.05) is 26.3 Å². The molecule has 1 N–H and O–H groups in total. The van der Waals surface area contributed by atoms with Crippen molar-refractivity contribution in [2.45, 2.75) is 45.1 Å². The lowest BCUT2D eigenvalue weighted by Gasteiger charge is -2.34. The van der Waals surface area contributed by atoms with E-state index in [0.717, 1.165) is 45.6 Å². The van der Waals surface area contributed by atoms with Gasteiger partial charge in [0, 0.05) is 19.2 Å². The third kappa shape index (κ3) is 4.94. The summed E-state index contributed by atoms with van der Waals surface area (Å²) in [5, 5.41) is 8.84. The maximum atomic E-state index is 10.7. The Labute approximate surface area is 97.6 Å². The number of nitrogens with zero attached hydrogens (tertiary/aromatic N) is 1. The third-order valence-electron chi connectivity index (χ3n) is 3.03. The number of likely N-dealkylation sites (tertiary alicyclic amines) is 1. The Hall–Kier alpha value is -0.610. The van der Waals surface area contributed by atoms with Crippen molar-refractivity contribution in [3.8, 4) is 0 Å². The molecule has 1 unspecified atom stereocenters. The van der Waals surface area contributed by atoms with Gasteiger partial charge >= 0.3 is 5.97 Å². The van der Waals surface area contributed by atoms with E-state index in [0.29, 0.717) is 0 Å². The Kier molecular flexibility index (Phi) is 6.42. The van der Waals surface area contributed by atoms with Crippen LogP contribution in [0.4, 0.5) is 0 Å². The predicted octanol–water partition coefficient (Wildman–Crippen LogP) is 1.74. The quantitative estimate of drug-likeness (QED) is 0.676. The van der Waals surface area contributed by atoms with Crippen molar-refractivity contribution >= 4 is 5.97 Å². The predicted molar refractivity (Wildman–Crippen MR) is 62.6 cm³/mol. The maximum Gasteiger partial charge on any atom is 0.304 e. The van der Waals surface area contributed by atoms with E-state index in [9.17, 15) is 4.79 Å². The van der Waals surface area contributed by atoms with Crippen LogP contribution in [0, 0.1) is 0 Å². The van der Waals surface area contributed by atoms with Gasteiger partial charge in [-0.05, 0) is 25.8 Å². The first-order valence-corrected chi connectivity index (χ1v) is 6.27. The molecule has 4 nitrogen and oxygen atoms in total. The van der Waals surface area contributed by atoms with Crippen LogP contribution in [0.15, 0.2) is 0 Å². The van der Waals surface area contributed by atoms with Crippen molar-refractivity contribution < 1.29 is 14.6 Å². The van der Waals surface area contributed by atoms with E-state index in [1.807, 2.05) is 0 Å². The molecule has 0 aromatic rings. The first kappa shape index (κ1) is 13.5. The van der Waals surface area contributed by atoms with Gasteiger partial charge in [0.1, 0.15) is 0 Å². The molecule has 0 aliphatic carbocycles. The molecule has 1 heterocycles. The van der Waals surface area contributed by atoms with Crippen LogP contribution in [0.25, 0.3) is 0 Å². The highest BCUT2D eigenvalue weighted by atomic mass is 16.5. The van der Waals surface area contributed by atoms with Crippen LogP contribution in [0.5, 0.6) is 0 Å². The van der Waals surface area contributed by atoms with E-state index < -0.39 is 5.97 Å². The highest BCUT2D eigenvalue weighted by molar-refractivity contribution is 5.67. The minimum Gasteiger partial charge on any atom is -0.481 e. The Morgan fingerprint density at radius 1 is 1.44 bits per heavy atom. The molecule has 1 saturated heterocycles.